The number of nitrogens with one attached hydrogen (secondary N) is 1. The number of fused-ring (bicyclic) bond motifs is 1. The molecule has 160 valence electrons. The molecular weight excluding hydrogens is 405 g/mol. The Kier molecular flexibility index (Phi) is 5.83. The van der Waals surface area contributed by atoms with Crippen LogP contribution in [-0.2, 0) is 11.3 Å². The lowest BCUT2D eigenvalue weighted by Gasteiger charge is -2.17. The monoisotopic (exact) mass is 425 g/mol. The predicted octanol–water partition coefficient (Wildman–Crippen LogP) is 2.57. The van der Waals surface area contributed by atoms with Crippen molar-refractivity contribution in [3.63, 3.8) is 0 Å². The minimum atomic E-state index is -0.805. The molecule has 2 heterocycles. The van der Waals surface area contributed by atoms with Crippen LogP contribution < -0.4 is 25.1 Å². The summed E-state index contributed by atoms with van der Waals surface area (Å²) in [5, 5.41) is 6.98. The average molecular weight is 425 g/mol. The molecule has 0 fully saturated rings. The van der Waals surface area contributed by atoms with E-state index in [4.69, 9.17) is 14.2 Å². The molecule has 0 saturated carbocycles. The van der Waals surface area contributed by atoms with Gasteiger partial charge in [-0.1, -0.05) is 13.0 Å². The maximum atomic E-state index is 13.2. The molecule has 0 aliphatic carbocycles. The summed E-state index contributed by atoms with van der Waals surface area (Å²) in [5.41, 5.74) is 0.840. The molecule has 3 aromatic rings. The lowest BCUT2D eigenvalue weighted by Crippen LogP contribution is -2.38. The molecule has 4 rings (SSSR count). The standard InChI is InChI=1S/C22H20FN3O5/c1-2-17(22(28)24-12-14-3-8-18-19(11-14)30-13-29-18)31-20-9-10-21(27)26(25-20)16-6-4-15(23)5-7-16/h3-11,17H,2,12-13H2,1H3,(H,24,28)/t17-/m0/s1. The highest BCUT2D eigenvalue weighted by atomic mass is 19.1. The van der Waals surface area contributed by atoms with Crippen LogP contribution in [0, 0.1) is 5.82 Å². The highest BCUT2D eigenvalue weighted by molar-refractivity contribution is 5.81. The van der Waals surface area contributed by atoms with E-state index >= 15 is 0 Å². The Morgan fingerprint density at radius 3 is 2.71 bits per heavy atom. The van der Waals surface area contributed by atoms with E-state index in [1.807, 2.05) is 12.1 Å². The first-order valence-electron chi connectivity index (χ1n) is 9.72. The number of nitrogens with zero attached hydrogens (tertiary/aromatic N) is 2. The van der Waals surface area contributed by atoms with Gasteiger partial charge in [-0.3, -0.25) is 9.59 Å². The van der Waals surface area contributed by atoms with E-state index in [1.54, 1.807) is 13.0 Å². The van der Waals surface area contributed by atoms with Crippen molar-refractivity contribution in [3.8, 4) is 23.1 Å². The smallest absolute Gasteiger partial charge is 0.271 e. The molecule has 0 unspecified atom stereocenters. The summed E-state index contributed by atoms with van der Waals surface area (Å²) in [7, 11) is 0. The van der Waals surface area contributed by atoms with Crippen molar-refractivity contribution in [1.29, 1.82) is 0 Å². The van der Waals surface area contributed by atoms with Gasteiger partial charge in [0.1, 0.15) is 5.82 Å². The molecular formula is C22H20FN3O5. The molecule has 0 bridgehead atoms. The summed E-state index contributed by atoms with van der Waals surface area (Å²) < 4.78 is 30.6. The van der Waals surface area contributed by atoms with Crippen LogP contribution in [-0.4, -0.2) is 28.6 Å². The molecule has 1 amide bonds. The maximum absolute atomic E-state index is 13.2. The van der Waals surface area contributed by atoms with Crippen LogP contribution in [0.25, 0.3) is 5.69 Å². The maximum Gasteiger partial charge on any atom is 0.271 e. The summed E-state index contributed by atoms with van der Waals surface area (Å²) >= 11 is 0. The van der Waals surface area contributed by atoms with Gasteiger partial charge in [-0.15, -0.1) is 5.10 Å². The number of hydrogen-bond acceptors (Lipinski definition) is 6. The fraction of sp³-hybridized carbons (Fsp3) is 0.227. The molecule has 8 nitrogen and oxygen atoms in total. The Morgan fingerprint density at radius 2 is 1.94 bits per heavy atom. The van der Waals surface area contributed by atoms with Crippen LogP contribution in [0.3, 0.4) is 0 Å². The highest BCUT2D eigenvalue weighted by Gasteiger charge is 2.20. The third kappa shape index (κ3) is 4.66. The average Bonchev–Trinajstić information content (AvgIpc) is 3.25. The highest BCUT2D eigenvalue weighted by Crippen LogP contribution is 2.32. The van der Waals surface area contributed by atoms with Gasteiger partial charge in [-0.05, 0) is 48.4 Å². The van der Waals surface area contributed by atoms with Crippen molar-refractivity contribution in [2.24, 2.45) is 0 Å². The Bertz CT molecular complexity index is 1150. The minimum absolute atomic E-state index is 0.106. The zero-order valence-electron chi connectivity index (χ0n) is 16.7. The fourth-order valence-electron chi connectivity index (χ4n) is 3.05. The Balaban J connectivity index is 1.43. The topological polar surface area (TPSA) is 91.7 Å². The van der Waals surface area contributed by atoms with Gasteiger partial charge in [0.15, 0.2) is 17.6 Å². The van der Waals surface area contributed by atoms with Gasteiger partial charge >= 0.3 is 0 Å². The van der Waals surface area contributed by atoms with Gasteiger partial charge in [-0.2, -0.15) is 4.68 Å². The van der Waals surface area contributed by atoms with Gasteiger partial charge < -0.3 is 19.5 Å². The van der Waals surface area contributed by atoms with Gasteiger partial charge in [0.2, 0.25) is 12.7 Å². The summed E-state index contributed by atoms with van der Waals surface area (Å²) in [4.78, 5) is 24.8. The van der Waals surface area contributed by atoms with E-state index in [-0.39, 0.29) is 25.1 Å². The van der Waals surface area contributed by atoms with Crippen LogP contribution in [0.15, 0.2) is 59.4 Å². The van der Waals surface area contributed by atoms with E-state index in [2.05, 4.69) is 10.4 Å². The molecule has 9 heteroatoms. The van der Waals surface area contributed by atoms with Gasteiger partial charge in [-0.25, -0.2) is 4.39 Å². The number of amides is 1. The molecule has 0 saturated heterocycles. The quantitative estimate of drug-likeness (QED) is 0.626. The van der Waals surface area contributed by atoms with Gasteiger partial charge in [0.25, 0.3) is 11.5 Å². The van der Waals surface area contributed by atoms with Crippen molar-refractivity contribution in [2.45, 2.75) is 26.0 Å². The first-order chi connectivity index (χ1) is 15.0. The number of carbonyl (C=O) groups excluding carboxylic acids is 1. The van der Waals surface area contributed by atoms with Crippen LogP contribution in [0.2, 0.25) is 0 Å². The van der Waals surface area contributed by atoms with E-state index in [1.165, 1.54) is 36.4 Å². The van der Waals surface area contributed by atoms with E-state index in [9.17, 15) is 14.0 Å². The second kappa shape index (κ2) is 8.86. The van der Waals surface area contributed by atoms with E-state index in [0.717, 1.165) is 10.2 Å². The van der Waals surface area contributed by atoms with Crippen molar-refractivity contribution in [1.82, 2.24) is 15.1 Å². The van der Waals surface area contributed by atoms with Crippen LogP contribution in [0.5, 0.6) is 17.4 Å². The van der Waals surface area contributed by atoms with Crippen molar-refractivity contribution >= 4 is 5.91 Å². The zero-order chi connectivity index (χ0) is 21.8. The van der Waals surface area contributed by atoms with Gasteiger partial charge in [0, 0.05) is 18.7 Å². The first-order valence-corrected chi connectivity index (χ1v) is 9.72. The third-order valence-corrected chi connectivity index (χ3v) is 4.68. The lowest BCUT2D eigenvalue weighted by molar-refractivity contribution is -0.128. The molecule has 1 N–H and O–H groups in total. The second-order valence-electron chi connectivity index (χ2n) is 6.82. The lowest BCUT2D eigenvalue weighted by atomic mass is 10.2. The Hall–Kier alpha value is -3.88. The molecule has 1 aliphatic rings. The van der Waals surface area contributed by atoms with Crippen LogP contribution >= 0.6 is 0 Å². The van der Waals surface area contributed by atoms with Crippen LogP contribution in [0.4, 0.5) is 4.39 Å². The number of ether oxygens (including phenoxy) is 3. The van der Waals surface area contributed by atoms with E-state index < -0.39 is 17.5 Å². The number of hydrogen-bond donors (Lipinski definition) is 1. The molecule has 0 spiro atoms. The summed E-state index contributed by atoms with van der Waals surface area (Å²) in [6.07, 6.45) is -0.412. The second-order valence-corrected chi connectivity index (χ2v) is 6.82. The Labute approximate surface area is 177 Å². The van der Waals surface area contributed by atoms with E-state index in [0.29, 0.717) is 23.6 Å². The number of benzene rings is 2. The first kappa shape index (κ1) is 20.4. The third-order valence-electron chi connectivity index (χ3n) is 4.68. The Morgan fingerprint density at radius 1 is 1.16 bits per heavy atom. The summed E-state index contributed by atoms with van der Waals surface area (Å²) in [6.45, 7) is 2.28. The zero-order valence-corrected chi connectivity index (χ0v) is 16.7. The largest absolute Gasteiger partial charge is 0.463 e. The molecule has 1 atom stereocenters. The van der Waals surface area contributed by atoms with Crippen molar-refractivity contribution in [2.75, 3.05) is 6.79 Å². The number of carbonyl (C=O) groups is 1. The molecule has 1 aromatic heterocycles. The number of aromatic nitrogens is 2. The fourth-order valence-corrected chi connectivity index (χ4v) is 3.05. The molecule has 2 aromatic carbocycles. The SMILES string of the molecule is CC[C@H](Oc1ccc(=O)n(-c2ccc(F)cc2)n1)C(=O)NCc1ccc2c(c1)OCO2. The number of halogens is 1. The predicted molar refractivity (Wildman–Crippen MR) is 109 cm³/mol. The minimum Gasteiger partial charge on any atom is -0.463 e. The van der Waals surface area contributed by atoms with Crippen molar-refractivity contribution in [3.05, 3.63) is 76.3 Å². The van der Waals surface area contributed by atoms with Gasteiger partial charge in [0.05, 0.1) is 5.69 Å². The normalized spacial score (nSPS) is 13.0. The van der Waals surface area contributed by atoms with Crippen LogP contribution in [0.1, 0.15) is 18.9 Å². The molecule has 31 heavy (non-hydrogen) atoms. The summed E-state index contributed by atoms with van der Waals surface area (Å²) in [6, 6.07) is 13.5. The summed E-state index contributed by atoms with van der Waals surface area (Å²) in [5.74, 6) is 0.680. The van der Waals surface area contributed by atoms with Crippen molar-refractivity contribution < 1.29 is 23.4 Å². The number of rotatable bonds is 7. The molecule has 1 aliphatic heterocycles. The molecule has 0 radical (unpaired) electrons.